The molecule has 1 aromatic carbocycles. The molecule has 0 radical (unpaired) electrons. The summed E-state index contributed by atoms with van der Waals surface area (Å²) < 4.78 is 5.51. The molecule has 0 fully saturated rings. The first-order valence-corrected chi connectivity index (χ1v) is 5.65. The second kappa shape index (κ2) is 3.89. The summed E-state index contributed by atoms with van der Waals surface area (Å²) >= 11 is 6.23. The normalized spacial score (nSPS) is 13.2. The molecule has 17 heavy (non-hydrogen) atoms. The molecule has 2 N–H and O–H groups in total. The third-order valence-corrected chi connectivity index (χ3v) is 3.04. The van der Waals surface area contributed by atoms with Gasteiger partial charge in [-0.25, -0.2) is 4.98 Å². The van der Waals surface area contributed by atoms with Crippen LogP contribution in [-0.4, -0.2) is 16.6 Å². The Morgan fingerprint density at radius 3 is 2.88 bits per heavy atom. The third-order valence-electron chi connectivity index (χ3n) is 2.73. The minimum atomic E-state index is 0.391. The second-order valence-electron chi connectivity index (χ2n) is 3.86. The van der Waals surface area contributed by atoms with Gasteiger partial charge in [-0.3, -0.25) is 4.98 Å². The first kappa shape index (κ1) is 10.4. The smallest absolute Gasteiger partial charge is 0.141 e. The zero-order chi connectivity index (χ0) is 11.8. The van der Waals surface area contributed by atoms with E-state index in [1.165, 1.54) is 6.20 Å². The highest BCUT2D eigenvalue weighted by Crippen LogP contribution is 2.35. The number of benzene rings is 1. The molecule has 0 saturated carbocycles. The van der Waals surface area contributed by atoms with Gasteiger partial charge in [-0.05, 0) is 17.7 Å². The van der Waals surface area contributed by atoms with Gasteiger partial charge in [0.15, 0.2) is 0 Å². The van der Waals surface area contributed by atoms with Crippen LogP contribution >= 0.6 is 11.6 Å². The number of fused-ring (bicyclic) bond motifs is 1. The molecule has 0 spiro atoms. The summed E-state index contributed by atoms with van der Waals surface area (Å²) in [5.41, 5.74) is 8.16. The molecule has 0 amide bonds. The Hall–Kier alpha value is -1.81. The standard InChI is InChI=1S/C12H10ClN3O/c13-9-3-7-1-2-17-11(7)4-8(9)10-5-16-12(14)6-15-10/h3-6H,1-2H2,(H2,14,16). The van der Waals surface area contributed by atoms with Gasteiger partial charge in [0.25, 0.3) is 0 Å². The average Bonchev–Trinajstić information content (AvgIpc) is 2.76. The summed E-state index contributed by atoms with van der Waals surface area (Å²) in [7, 11) is 0. The maximum atomic E-state index is 6.23. The molecule has 1 aromatic heterocycles. The van der Waals surface area contributed by atoms with Crippen LogP contribution in [0.4, 0.5) is 5.82 Å². The van der Waals surface area contributed by atoms with Crippen LogP contribution in [0, 0.1) is 0 Å². The molecule has 2 aromatic rings. The van der Waals surface area contributed by atoms with Crippen molar-refractivity contribution < 1.29 is 4.74 Å². The zero-order valence-electron chi connectivity index (χ0n) is 8.98. The molecule has 0 aliphatic carbocycles. The second-order valence-corrected chi connectivity index (χ2v) is 4.27. The summed E-state index contributed by atoms with van der Waals surface area (Å²) in [6.45, 7) is 0.711. The summed E-state index contributed by atoms with van der Waals surface area (Å²) in [6.07, 6.45) is 4.03. The van der Waals surface area contributed by atoms with Gasteiger partial charge in [0.1, 0.15) is 11.6 Å². The Balaban J connectivity index is 2.11. The van der Waals surface area contributed by atoms with Gasteiger partial charge in [-0.1, -0.05) is 11.6 Å². The zero-order valence-corrected chi connectivity index (χ0v) is 9.74. The van der Waals surface area contributed by atoms with E-state index in [1.807, 2.05) is 12.1 Å². The van der Waals surface area contributed by atoms with E-state index in [0.29, 0.717) is 23.1 Å². The van der Waals surface area contributed by atoms with Crippen LogP contribution in [0.2, 0.25) is 5.02 Å². The molecular weight excluding hydrogens is 238 g/mol. The SMILES string of the molecule is Nc1cnc(-c2cc3c(cc2Cl)CCO3)cn1. The van der Waals surface area contributed by atoms with E-state index in [4.69, 9.17) is 22.1 Å². The summed E-state index contributed by atoms with van der Waals surface area (Å²) in [5, 5.41) is 0.660. The first-order chi connectivity index (χ1) is 8.24. The van der Waals surface area contributed by atoms with Gasteiger partial charge in [-0.2, -0.15) is 0 Å². The number of nitrogens with zero attached hydrogens (tertiary/aromatic N) is 2. The Morgan fingerprint density at radius 1 is 1.24 bits per heavy atom. The highest BCUT2D eigenvalue weighted by molar-refractivity contribution is 6.33. The van der Waals surface area contributed by atoms with Crippen LogP contribution in [0.5, 0.6) is 5.75 Å². The van der Waals surface area contributed by atoms with E-state index in [1.54, 1.807) is 6.20 Å². The van der Waals surface area contributed by atoms with Crippen LogP contribution in [0.25, 0.3) is 11.3 Å². The molecule has 0 unspecified atom stereocenters. The summed E-state index contributed by atoms with van der Waals surface area (Å²) in [6, 6.07) is 3.84. The van der Waals surface area contributed by atoms with Crippen molar-refractivity contribution in [1.29, 1.82) is 0 Å². The van der Waals surface area contributed by atoms with Gasteiger partial charge in [0.2, 0.25) is 0 Å². The molecule has 1 aliphatic rings. The Morgan fingerprint density at radius 2 is 2.12 bits per heavy atom. The summed E-state index contributed by atoms with van der Waals surface area (Å²) in [4.78, 5) is 8.21. The van der Waals surface area contributed by atoms with Crippen LogP contribution in [-0.2, 0) is 6.42 Å². The van der Waals surface area contributed by atoms with Crippen molar-refractivity contribution in [2.45, 2.75) is 6.42 Å². The molecule has 1 aliphatic heterocycles. The molecule has 0 saturated heterocycles. The number of hydrogen-bond donors (Lipinski definition) is 1. The van der Waals surface area contributed by atoms with Crippen LogP contribution in [0.3, 0.4) is 0 Å². The monoisotopic (exact) mass is 247 g/mol. The molecule has 0 atom stereocenters. The average molecular weight is 248 g/mol. The lowest BCUT2D eigenvalue weighted by atomic mass is 10.1. The number of rotatable bonds is 1. The minimum Gasteiger partial charge on any atom is -0.493 e. The maximum absolute atomic E-state index is 6.23. The molecule has 0 bridgehead atoms. The van der Waals surface area contributed by atoms with Gasteiger partial charge < -0.3 is 10.5 Å². The Labute approximate surface area is 103 Å². The van der Waals surface area contributed by atoms with E-state index in [0.717, 1.165) is 23.3 Å². The molecule has 5 heteroatoms. The van der Waals surface area contributed by atoms with Gasteiger partial charge in [-0.15, -0.1) is 0 Å². The fourth-order valence-electron chi connectivity index (χ4n) is 1.87. The van der Waals surface area contributed by atoms with Crippen molar-refractivity contribution in [2.24, 2.45) is 0 Å². The molecular formula is C12H10ClN3O. The first-order valence-electron chi connectivity index (χ1n) is 5.27. The lowest BCUT2D eigenvalue weighted by molar-refractivity contribution is 0.357. The van der Waals surface area contributed by atoms with E-state index in [9.17, 15) is 0 Å². The van der Waals surface area contributed by atoms with Crippen molar-refractivity contribution in [3.8, 4) is 17.0 Å². The fraction of sp³-hybridized carbons (Fsp3) is 0.167. The highest BCUT2D eigenvalue weighted by Gasteiger charge is 2.16. The number of nitrogen functional groups attached to an aromatic ring is 1. The summed E-state index contributed by atoms with van der Waals surface area (Å²) in [5.74, 6) is 1.27. The number of nitrogens with two attached hydrogens (primary N) is 1. The van der Waals surface area contributed by atoms with Gasteiger partial charge >= 0.3 is 0 Å². The largest absolute Gasteiger partial charge is 0.493 e. The number of anilines is 1. The maximum Gasteiger partial charge on any atom is 0.141 e. The predicted molar refractivity (Wildman–Crippen MR) is 66.1 cm³/mol. The molecule has 86 valence electrons. The number of ether oxygens (including phenoxy) is 1. The van der Waals surface area contributed by atoms with E-state index in [2.05, 4.69) is 9.97 Å². The fourth-order valence-corrected chi connectivity index (χ4v) is 2.15. The molecule has 4 nitrogen and oxygen atoms in total. The number of halogens is 1. The van der Waals surface area contributed by atoms with E-state index < -0.39 is 0 Å². The predicted octanol–water partition coefficient (Wildman–Crippen LogP) is 2.31. The minimum absolute atomic E-state index is 0.391. The highest BCUT2D eigenvalue weighted by atomic mass is 35.5. The topological polar surface area (TPSA) is 61.0 Å². The van der Waals surface area contributed by atoms with Gasteiger partial charge in [0, 0.05) is 12.0 Å². The van der Waals surface area contributed by atoms with Crippen molar-refractivity contribution in [3.05, 3.63) is 35.1 Å². The van der Waals surface area contributed by atoms with E-state index in [-0.39, 0.29) is 0 Å². The van der Waals surface area contributed by atoms with Crippen molar-refractivity contribution in [3.63, 3.8) is 0 Å². The van der Waals surface area contributed by atoms with Crippen LogP contribution < -0.4 is 10.5 Å². The quantitative estimate of drug-likeness (QED) is 0.840. The Bertz CT molecular complexity index is 569. The number of hydrogen-bond acceptors (Lipinski definition) is 4. The van der Waals surface area contributed by atoms with Crippen molar-refractivity contribution in [1.82, 2.24) is 9.97 Å². The molecule has 3 rings (SSSR count). The lowest BCUT2D eigenvalue weighted by Crippen LogP contribution is -1.93. The van der Waals surface area contributed by atoms with Crippen molar-refractivity contribution >= 4 is 17.4 Å². The van der Waals surface area contributed by atoms with Gasteiger partial charge in [0.05, 0.1) is 29.7 Å². The molecule has 2 heterocycles. The third kappa shape index (κ3) is 1.80. The van der Waals surface area contributed by atoms with E-state index >= 15 is 0 Å². The van der Waals surface area contributed by atoms with Crippen LogP contribution in [0.1, 0.15) is 5.56 Å². The lowest BCUT2D eigenvalue weighted by Gasteiger charge is -2.06. The van der Waals surface area contributed by atoms with Crippen molar-refractivity contribution in [2.75, 3.05) is 12.3 Å². The van der Waals surface area contributed by atoms with Crippen LogP contribution in [0.15, 0.2) is 24.5 Å². The number of aromatic nitrogens is 2. The Kier molecular flexibility index (Phi) is 2.37.